The Morgan fingerprint density at radius 2 is 1.94 bits per heavy atom. The Balaban J connectivity index is 2.47. The van der Waals surface area contributed by atoms with Crippen LogP contribution >= 0.6 is 0 Å². The maximum absolute atomic E-state index is 13.5. The highest BCUT2D eigenvalue weighted by Gasteiger charge is 2.30. The molecule has 0 aliphatic carbocycles. The van der Waals surface area contributed by atoms with Gasteiger partial charge in [0.15, 0.2) is 11.5 Å². The lowest BCUT2D eigenvalue weighted by molar-refractivity contribution is 0.0163. The number of hydrogen-bond acceptors (Lipinski definition) is 3. The molecule has 0 bridgehead atoms. The van der Waals surface area contributed by atoms with Crippen LogP contribution in [0, 0.1) is 0 Å². The lowest BCUT2D eigenvalue weighted by atomic mass is 9.96. The predicted octanol–water partition coefficient (Wildman–Crippen LogP) is 2.42. The second kappa shape index (κ2) is 4.14. The number of nitrogens with two attached hydrogens (primary N) is 1. The van der Waals surface area contributed by atoms with Crippen molar-refractivity contribution in [3.8, 4) is 11.5 Å². The summed E-state index contributed by atoms with van der Waals surface area (Å²) >= 11 is 0. The Hall–Kier alpha value is -1.36. The Kier molecular flexibility index (Phi) is 2.95. The van der Waals surface area contributed by atoms with E-state index in [1.54, 1.807) is 13.0 Å². The molecule has 0 amide bonds. The van der Waals surface area contributed by atoms with Gasteiger partial charge >= 0.3 is 0 Å². The average molecular weight is 243 g/mol. The zero-order valence-electron chi connectivity index (χ0n) is 9.80. The Morgan fingerprint density at radius 1 is 1.35 bits per heavy atom. The van der Waals surface area contributed by atoms with Crippen molar-refractivity contribution >= 4 is 0 Å². The lowest BCUT2D eigenvalue weighted by Gasteiger charge is -2.17. The molecule has 1 aromatic rings. The molecule has 1 aliphatic rings. The highest BCUT2D eigenvalue weighted by molar-refractivity contribution is 5.50. The fourth-order valence-electron chi connectivity index (χ4n) is 1.91. The summed E-state index contributed by atoms with van der Waals surface area (Å²) in [5.74, 6) is -2.03. The Labute approximate surface area is 98.5 Å². The summed E-state index contributed by atoms with van der Waals surface area (Å²) in [6, 6.07) is 2.76. The minimum atomic E-state index is -2.91. The number of fused-ring (bicyclic) bond motifs is 1. The molecule has 2 rings (SSSR count). The summed E-state index contributed by atoms with van der Waals surface area (Å²) in [5, 5.41) is 0. The van der Waals surface area contributed by atoms with Crippen LogP contribution in [0.15, 0.2) is 12.1 Å². The van der Waals surface area contributed by atoms with E-state index in [4.69, 9.17) is 15.2 Å². The molecular formula is C12H15F2NO2. The van der Waals surface area contributed by atoms with Gasteiger partial charge in [0.1, 0.15) is 0 Å². The SMILES string of the molecule is CC(N)Cc1cc2c(cc1C(C)(F)F)OCO2. The van der Waals surface area contributed by atoms with Crippen molar-refractivity contribution in [1.29, 1.82) is 0 Å². The first kappa shape index (κ1) is 12.1. The predicted molar refractivity (Wildman–Crippen MR) is 59.5 cm³/mol. The van der Waals surface area contributed by atoms with E-state index in [-0.39, 0.29) is 18.4 Å². The van der Waals surface area contributed by atoms with Crippen LogP contribution in [-0.2, 0) is 12.3 Å². The highest BCUT2D eigenvalue weighted by atomic mass is 19.3. The van der Waals surface area contributed by atoms with Crippen molar-refractivity contribution < 1.29 is 18.3 Å². The second-order valence-corrected chi connectivity index (χ2v) is 4.43. The van der Waals surface area contributed by atoms with E-state index in [0.29, 0.717) is 23.5 Å². The van der Waals surface area contributed by atoms with Crippen molar-refractivity contribution in [3.63, 3.8) is 0 Å². The van der Waals surface area contributed by atoms with Crippen molar-refractivity contribution in [2.45, 2.75) is 32.2 Å². The van der Waals surface area contributed by atoms with Gasteiger partial charge in [-0.3, -0.25) is 0 Å². The van der Waals surface area contributed by atoms with Crippen LogP contribution in [0.5, 0.6) is 11.5 Å². The van der Waals surface area contributed by atoms with Crippen LogP contribution in [0.2, 0.25) is 0 Å². The van der Waals surface area contributed by atoms with Crippen LogP contribution in [0.3, 0.4) is 0 Å². The molecule has 94 valence electrons. The molecule has 0 saturated heterocycles. The molecule has 1 unspecified atom stereocenters. The third kappa shape index (κ3) is 2.49. The molecule has 1 aromatic carbocycles. The van der Waals surface area contributed by atoms with Gasteiger partial charge in [0.25, 0.3) is 5.92 Å². The molecule has 5 heteroatoms. The Bertz CT molecular complexity index is 427. The zero-order valence-corrected chi connectivity index (χ0v) is 9.80. The van der Waals surface area contributed by atoms with Crippen molar-refractivity contribution in [3.05, 3.63) is 23.3 Å². The standard InChI is InChI=1S/C12H15F2NO2/c1-7(15)3-8-4-10-11(17-6-16-10)5-9(8)12(2,13)14/h4-5,7H,3,6,15H2,1-2H3. The molecule has 0 radical (unpaired) electrons. The van der Waals surface area contributed by atoms with Gasteiger partial charge in [0, 0.05) is 18.5 Å². The van der Waals surface area contributed by atoms with Crippen molar-refractivity contribution in [2.75, 3.05) is 6.79 Å². The fourth-order valence-corrected chi connectivity index (χ4v) is 1.91. The quantitative estimate of drug-likeness (QED) is 0.886. The first-order valence-corrected chi connectivity index (χ1v) is 5.44. The van der Waals surface area contributed by atoms with Gasteiger partial charge in [-0.1, -0.05) is 0 Å². The van der Waals surface area contributed by atoms with E-state index >= 15 is 0 Å². The van der Waals surface area contributed by atoms with Crippen LogP contribution in [0.4, 0.5) is 8.78 Å². The van der Waals surface area contributed by atoms with Crippen LogP contribution in [0.1, 0.15) is 25.0 Å². The molecule has 3 nitrogen and oxygen atoms in total. The minimum absolute atomic E-state index is 0.0425. The van der Waals surface area contributed by atoms with Crippen LogP contribution < -0.4 is 15.2 Å². The minimum Gasteiger partial charge on any atom is -0.454 e. The number of benzene rings is 1. The smallest absolute Gasteiger partial charge is 0.270 e. The van der Waals surface area contributed by atoms with E-state index in [1.165, 1.54) is 6.07 Å². The third-order valence-electron chi connectivity index (χ3n) is 2.61. The number of alkyl halides is 2. The second-order valence-electron chi connectivity index (χ2n) is 4.43. The van der Waals surface area contributed by atoms with Gasteiger partial charge < -0.3 is 15.2 Å². The fraction of sp³-hybridized carbons (Fsp3) is 0.500. The third-order valence-corrected chi connectivity index (χ3v) is 2.61. The lowest BCUT2D eigenvalue weighted by Crippen LogP contribution is -2.21. The topological polar surface area (TPSA) is 44.5 Å². The van der Waals surface area contributed by atoms with Crippen molar-refractivity contribution in [1.82, 2.24) is 0 Å². The van der Waals surface area contributed by atoms with Gasteiger partial charge in [0.2, 0.25) is 6.79 Å². The molecule has 1 heterocycles. The number of hydrogen-bond donors (Lipinski definition) is 1. The van der Waals surface area contributed by atoms with Crippen LogP contribution in [0.25, 0.3) is 0 Å². The average Bonchev–Trinajstić information content (AvgIpc) is 2.60. The molecule has 1 aliphatic heterocycles. The molecule has 0 saturated carbocycles. The number of halogens is 2. The maximum Gasteiger partial charge on any atom is 0.270 e. The molecule has 0 fully saturated rings. The molecule has 1 atom stereocenters. The van der Waals surface area contributed by atoms with E-state index < -0.39 is 5.92 Å². The first-order chi connectivity index (χ1) is 7.88. The summed E-state index contributed by atoms with van der Waals surface area (Å²) in [7, 11) is 0. The van der Waals surface area contributed by atoms with E-state index in [2.05, 4.69) is 0 Å². The first-order valence-electron chi connectivity index (χ1n) is 5.44. The Morgan fingerprint density at radius 3 is 2.47 bits per heavy atom. The van der Waals surface area contributed by atoms with E-state index in [1.807, 2.05) is 0 Å². The zero-order chi connectivity index (χ0) is 12.6. The maximum atomic E-state index is 13.5. The van der Waals surface area contributed by atoms with Gasteiger partial charge in [-0.25, -0.2) is 8.78 Å². The summed E-state index contributed by atoms with van der Waals surface area (Å²) in [5.41, 5.74) is 6.13. The normalized spacial score (nSPS) is 16.1. The highest BCUT2D eigenvalue weighted by Crippen LogP contribution is 2.40. The van der Waals surface area contributed by atoms with Gasteiger partial charge in [-0.2, -0.15) is 0 Å². The summed E-state index contributed by atoms with van der Waals surface area (Å²) in [6.45, 7) is 2.73. The van der Waals surface area contributed by atoms with Gasteiger partial charge in [0.05, 0.1) is 0 Å². The van der Waals surface area contributed by atoms with E-state index in [0.717, 1.165) is 6.92 Å². The molecule has 0 spiro atoms. The monoisotopic (exact) mass is 243 g/mol. The molecule has 17 heavy (non-hydrogen) atoms. The molecular weight excluding hydrogens is 228 g/mol. The van der Waals surface area contributed by atoms with Gasteiger partial charge in [-0.15, -0.1) is 0 Å². The van der Waals surface area contributed by atoms with Crippen LogP contribution in [-0.4, -0.2) is 12.8 Å². The molecule has 2 N–H and O–H groups in total. The van der Waals surface area contributed by atoms with Gasteiger partial charge in [-0.05, 0) is 31.0 Å². The van der Waals surface area contributed by atoms with Crippen molar-refractivity contribution in [2.24, 2.45) is 5.73 Å². The summed E-state index contributed by atoms with van der Waals surface area (Å²) in [6.07, 6.45) is 0.384. The number of ether oxygens (including phenoxy) is 2. The largest absolute Gasteiger partial charge is 0.454 e. The van der Waals surface area contributed by atoms with E-state index in [9.17, 15) is 8.78 Å². The number of rotatable bonds is 3. The molecule has 0 aromatic heterocycles. The summed E-state index contributed by atoms with van der Waals surface area (Å²) < 4.78 is 37.3. The summed E-state index contributed by atoms with van der Waals surface area (Å²) in [4.78, 5) is 0.